The molecule has 0 fully saturated rings. The van der Waals surface area contributed by atoms with E-state index < -0.39 is 6.10 Å². The summed E-state index contributed by atoms with van der Waals surface area (Å²) in [4.78, 5) is 4.32. The predicted octanol–water partition coefficient (Wildman–Crippen LogP) is 3.01. The van der Waals surface area contributed by atoms with Gasteiger partial charge in [0.2, 0.25) is 0 Å². The van der Waals surface area contributed by atoms with Gasteiger partial charge in [-0.2, -0.15) is 0 Å². The third-order valence-electron chi connectivity index (χ3n) is 3.82. The molecule has 106 valence electrons. The molecule has 0 aliphatic rings. The Hall–Kier alpha value is -2.23. The number of pyridine rings is 1. The van der Waals surface area contributed by atoms with E-state index in [0.29, 0.717) is 6.54 Å². The Kier molecular flexibility index (Phi) is 3.95. The summed E-state index contributed by atoms with van der Waals surface area (Å²) in [5, 5.41) is 13.0. The molecule has 2 atom stereocenters. The van der Waals surface area contributed by atoms with Gasteiger partial charge in [-0.05, 0) is 34.5 Å². The standard InChI is InChI=1S/C18H18N2O/c19-12-16(17-7-3-4-10-20-17)18(21)15-9-8-13-5-1-2-6-14(13)11-15/h1-11,16,18,21H,12,19H2. The minimum absolute atomic E-state index is 0.202. The molecule has 0 saturated carbocycles. The highest BCUT2D eigenvalue weighted by atomic mass is 16.3. The molecule has 0 aliphatic heterocycles. The fourth-order valence-corrected chi connectivity index (χ4v) is 2.63. The smallest absolute Gasteiger partial charge is 0.0886 e. The molecule has 0 bridgehead atoms. The molecule has 21 heavy (non-hydrogen) atoms. The molecule has 3 heteroatoms. The Labute approximate surface area is 124 Å². The van der Waals surface area contributed by atoms with Crippen molar-refractivity contribution in [2.75, 3.05) is 6.54 Å². The van der Waals surface area contributed by atoms with E-state index in [1.807, 2.05) is 54.6 Å². The van der Waals surface area contributed by atoms with Crippen molar-refractivity contribution >= 4 is 10.8 Å². The number of rotatable bonds is 4. The van der Waals surface area contributed by atoms with Crippen molar-refractivity contribution in [3.63, 3.8) is 0 Å². The molecule has 0 amide bonds. The van der Waals surface area contributed by atoms with E-state index in [1.54, 1.807) is 6.20 Å². The molecule has 0 spiro atoms. The van der Waals surface area contributed by atoms with Crippen LogP contribution in [0.5, 0.6) is 0 Å². The number of hydrogen-bond donors (Lipinski definition) is 2. The van der Waals surface area contributed by atoms with E-state index in [4.69, 9.17) is 5.73 Å². The minimum Gasteiger partial charge on any atom is -0.388 e. The number of nitrogens with two attached hydrogens (primary N) is 1. The van der Waals surface area contributed by atoms with Crippen molar-refractivity contribution in [1.29, 1.82) is 0 Å². The van der Waals surface area contributed by atoms with Crippen molar-refractivity contribution in [1.82, 2.24) is 4.98 Å². The fraction of sp³-hybridized carbons (Fsp3) is 0.167. The quantitative estimate of drug-likeness (QED) is 0.771. The summed E-state index contributed by atoms with van der Waals surface area (Å²) < 4.78 is 0. The average Bonchev–Trinajstić information content (AvgIpc) is 2.56. The van der Waals surface area contributed by atoms with E-state index in [0.717, 1.165) is 22.0 Å². The van der Waals surface area contributed by atoms with Gasteiger partial charge in [-0.15, -0.1) is 0 Å². The molecule has 1 aromatic heterocycles. The summed E-state index contributed by atoms with van der Waals surface area (Å²) in [5.74, 6) is -0.202. The molecule has 2 unspecified atom stereocenters. The highest BCUT2D eigenvalue weighted by Gasteiger charge is 2.22. The third-order valence-corrected chi connectivity index (χ3v) is 3.82. The van der Waals surface area contributed by atoms with Crippen molar-refractivity contribution < 1.29 is 5.11 Å². The number of aliphatic hydroxyl groups is 1. The zero-order chi connectivity index (χ0) is 14.7. The van der Waals surface area contributed by atoms with Gasteiger partial charge in [0.1, 0.15) is 0 Å². The number of fused-ring (bicyclic) bond motifs is 1. The SMILES string of the molecule is NCC(c1ccccn1)C(O)c1ccc2ccccc2c1. The molecule has 3 N–H and O–H groups in total. The molecule has 0 saturated heterocycles. The molecule has 3 rings (SSSR count). The van der Waals surface area contributed by atoms with Gasteiger partial charge in [-0.25, -0.2) is 0 Å². The van der Waals surface area contributed by atoms with Crippen LogP contribution in [0.25, 0.3) is 10.8 Å². The predicted molar refractivity (Wildman–Crippen MR) is 84.9 cm³/mol. The summed E-state index contributed by atoms with van der Waals surface area (Å²) in [6.07, 6.45) is 1.07. The lowest BCUT2D eigenvalue weighted by Gasteiger charge is -2.21. The van der Waals surface area contributed by atoms with Crippen LogP contribution in [0.3, 0.4) is 0 Å². The Morgan fingerprint density at radius 1 is 0.952 bits per heavy atom. The van der Waals surface area contributed by atoms with Crippen LogP contribution in [0.2, 0.25) is 0 Å². The summed E-state index contributed by atoms with van der Waals surface area (Å²) >= 11 is 0. The van der Waals surface area contributed by atoms with Crippen LogP contribution in [0.15, 0.2) is 66.9 Å². The van der Waals surface area contributed by atoms with Crippen LogP contribution >= 0.6 is 0 Å². The van der Waals surface area contributed by atoms with Gasteiger partial charge < -0.3 is 10.8 Å². The van der Waals surface area contributed by atoms with Gasteiger partial charge in [0.25, 0.3) is 0 Å². The minimum atomic E-state index is -0.658. The van der Waals surface area contributed by atoms with E-state index in [1.165, 1.54) is 0 Å². The number of aliphatic hydroxyl groups excluding tert-OH is 1. The lowest BCUT2D eigenvalue weighted by molar-refractivity contribution is 0.146. The van der Waals surface area contributed by atoms with Crippen molar-refractivity contribution in [3.8, 4) is 0 Å². The topological polar surface area (TPSA) is 59.1 Å². The van der Waals surface area contributed by atoms with Crippen molar-refractivity contribution in [2.24, 2.45) is 5.73 Å². The maximum atomic E-state index is 10.7. The Bertz CT molecular complexity index is 727. The Morgan fingerprint density at radius 3 is 2.43 bits per heavy atom. The van der Waals surface area contributed by atoms with Crippen LogP contribution in [0, 0.1) is 0 Å². The van der Waals surface area contributed by atoms with Gasteiger partial charge in [-0.1, -0.05) is 42.5 Å². The summed E-state index contributed by atoms with van der Waals surface area (Å²) in [7, 11) is 0. The van der Waals surface area contributed by atoms with Gasteiger partial charge in [0.05, 0.1) is 6.10 Å². The molecule has 2 aromatic carbocycles. The molecule has 1 heterocycles. The average molecular weight is 278 g/mol. The zero-order valence-electron chi connectivity index (χ0n) is 11.7. The van der Waals surface area contributed by atoms with Crippen LogP contribution in [0.1, 0.15) is 23.3 Å². The molecule has 0 radical (unpaired) electrons. The van der Waals surface area contributed by atoms with E-state index >= 15 is 0 Å². The summed E-state index contributed by atoms with van der Waals surface area (Å²) in [5.41, 5.74) is 7.55. The second-order valence-corrected chi connectivity index (χ2v) is 5.15. The first-order valence-electron chi connectivity index (χ1n) is 7.07. The summed E-state index contributed by atoms with van der Waals surface area (Å²) in [6.45, 7) is 0.352. The van der Waals surface area contributed by atoms with Gasteiger partial charge in [0, 0.05) is 24.4 Å². The third kappa shape index (κ3) is 2.79. The normalized spacial score (nSPS) is 14.0. The molecular weight excluding hydrogens is 260 g/mol. The number of benzene rings is 2. The molecule has 3 nitrogen and oxygen atoms in total. The monoisotopic (exact) mass is 278 g/mol. The largest absolute Gasteiger partial charge is 0.388 e. The Morgan fingerprint density at radius 2 is 1.71 bits per heavy atom. The van der Waals surface area contributed by atoms with Crippen LogP contribution in [-0.4, -0.2) is 16.6 Å². The molecular formula is C18H18N2O. The van der Waals surface area contributed by atoms with E-state index in [-0.39, 0.29) is 5.92 Å². The molecule has 0 aliphatic carbocycles. The maximum absolute atomic E-state index is 10.7. The van der Waals surface area contributed by atoms with E-state index in [9.17, 15) is 5.11 Å². The maximum Gasteiger partial charge on any atom is 0.0886 e. The van der Waals surface area contributed by atoms with Crippen LogP contribution in [0.4, 0.5) is 0 Å². The molecule has 3 aromatic rings. The van der Waals surface area contributed by atoms with Gasteiger partial charge in [0.15, 0.2) is 0 Å². The highest BCUT2D eigenvalue weighted by molar-refractivity contribution is 5.83. The number of nitrogens with zero attached hydrogens (tertiary/aromatic N) is 1. The number of hydrogen-bond acceptors (Lipinski definition) is 3. The first kappa shape index (κ1) is 13.7. The summed E-state index contributed by atoms with van der Waals surface area (Å²) in [6, 6.07) is 19.8. The highest BCUT2D eigenvalue weighted by Crippen LogP contribution is 2.30. The first-order chi connectivity index (χ1) is 10.3. The van der Waals surface area contributed by atoms with Crippen LogP contribution in [-0.2, 0) is 0 Å². The van der Waals surface area contributed by atoms with Crippen LogP contribution < -0.4 is 5.73 Å². The Balaban J connectivity index is 1.96. The second kappa shape index (κ2) is 6.04. The lowest BCUT2D eigenvalue weighted by Crippen LogP contribution is -2.21. The van der Waals surface area contributed by atoms with E-state index in [2.05, 4.69) is 11.1 Å². The van der Waals surface area contributed by atoms with Crippen molar-refractivity contribution in [2.45, 2.75) is 12.0 Å². The number of aromatic nitrogens is 1. The van der Waals surface area contributed by atoms with Gasteiger partial charge >= 0.3 is 0 Å². The first-order valence-corrected chi connectivity index (χ1v) is 7.07. The second-order valence-electron chi connectivity index (χ2n) is 5.15. The lowest BCUT2D eigenvalue weighted by atomic mass is 9.91. The van der Waals surface area contributed by atoms with Crippen molar-refractivity contribution in [3.05, 3.63) is 78.1 Å². The van der Waals surface area contributed by atoms with Gasteiger partial charge in [-0.3, -0.25) is 4.98 Å². The zero-order valence-corrected chi connectivity index (χ0v) is 11.7. The fourth-order valence-electron chi connectivity index (χ4n) is 2.63.